The summed E-state index contributed by atoms with van der Waals surface area (Å²) in [6, 6.07) is 7.42. The molecule has 0 N–H and O–H groups in total. The van der Waals surface area contributed by atoms with E-state index in [0.717, 1.165) is 23.6 Å². The summed E-state index contributed by atoms with van der Waals surface area (Å²) in [7, 11) is 3.41. The standard InChI is InChI=1S/C19H27N3O2/c1-13(2)12-19(3,4)18-21-20-16(22(18)5)11-14-7-9-15(10-8-14)17(23)24-6/h7-10,13H,11-12H2,1-6H3. The Balaban J connectivity index is 2.18. The molecule has 2 rings (SSSR count). The van der Waals surface area contributed by atoms with Crippen molar-refractivity contribution in [2.24, 2.45) is 13.0 Å². The van der Waals surface area contributed by atoms with Crippen molar-refractivity contribution in [1.29, 1.82) is 0 Å². The van der Waals surface area contributed by atoms with E-state index in [9.17, 15) is 4.79 Å². The summed E-state index contributed by atoms with van der Waals surface area (Å²) < 4.78 is 6.81. The maximum Gasteiger partial charge on any atom is 0.337 e. The second-order valence-corrected chi connectivity index (χ2v) is 7.35. The minimum absolute atomic E-state index is 0.0110. The Morgan fingerprint density at radius 3 is 2.38 bits per heavy atom. The van der Waals surface area contributed by atoms with Gasteiger partial charge >= 0.3 is 5.97 Å². The highest BCUT2D eigenvalue weighted by molar-refractivity contribution is 5.89. The second-order valence-electron chi connectivity index (χ2n) is 7.35. The third kappa shape index (κ3) is 4.02. The molecule has 0 aliphatic heterocycles. The molecule has 1 aromatic heterocycles. The quantitative estimate of drug-likeness (QED) is 0.761. The smallest absolute Gasteiger partial charge is 0.337 e. The van der Waals surface area contributed by atoms with Gasteiger partial charge in [0.25, 0.3) is 0 Å². The maximum absolute atomic E-state index is 11.5. The molecule has 0 aliphatic rings. The van der Waals surface area contributed by atoms with Crippen LogP contribution in [0, 0.1) is 5.92 Å². The van der Waals surface area contributed by atoms with Gasteiger partial charge in [-0.2, -0.15) is 0 Å². The molecule has 0 unspecified atom stereocenters. The number of hydrogen-bond acceptors (Lipinski definition) is 4. The fourth-order valence-corrected chi connectivity index (χ4v) is 3.28. The first kappa shape index (κ1) is 18.2. The van der Waals surface area contributed by atoms with E-state index in [-0.39, 0.29) is 11.4 Å². The molecule has 2 aromatic rings. The van der Waals surface area contributed by atoms with Crippen LogP contribution in [0.3, 0.4) is 0 Å². The molecule has 0 atom stereocenters. The van der Waals surface area contributed by atoms with Crippen LogP contribution in [-0.4, -0.2) is 27.8 Å². The van der Waals surface area contributed by atoms with Crippen molar-refractivity contribution < 1.29 is 9.53 Å². The number of carbonyl (C=O) groups is 1. The van der Waals surface area contributed by atoms with E-state index >= 15 is 0 Å². The van der Waals surface area contributed by atoms with Gasteiger partial charge in [0.05, 0.1) is 12.7 Å². The summed E-state index contributed by atoms with van der Waals surface area (Å²) in [5.41, 5.74) is 1.63. The van der Waals surface area contributed by atoms with Gasteiger partial charge in [0, 0.05) is 18.9 Å². The van der Waals surface area contributed by atoms with Gasteiger partial charge in [0.15, 0.2) is 0 Å². The lowest BCUT2D eigenvalue weighted by Crippen LogP contribution is -2.24. The molecule has 0 saturated heterocycles. The van der Waals surface area contributed by atoms with E-state index in [1.165, 1.54) is 7.11 Å². The number of carbonyl (C=O) groups excluding carboxylic acids is 1. The first-order chi connectivity index (χ1) is 11.2. The number of hydrogen-bond donors (Lipinski definition) is 0. The highest BCUT2D eigenvalue weighted by Crippen LogP contribution is 2.29. The van der Waals surface area contributed by atoms with Crippen molar-refractivity contribution in [3.05, 3.63) is 47.0 Å². The lowest BCUT2D eigenvalue weighted by molar-refractivity contribution is 0.0600. The largest absolute Gasteiger partial charge is 0.465 e. The monoisotopic (exact) mass is 329 g/mol. The molecule has 0 spiro atoms. The number of nitrogens with zero attached hydrogens (tertiary/aromatic N) is 3. The van der Waals surface area contributed by atoms with E-state index in [4.69, 9.17) is 4.74 Å². The number of rotatable bonds is 6. The first-order valence-corrected chi connectivity index (χ1v) is 8.30. The highest BCUT2D eigenvalue weighted by Gasteiger charge is 2.28. The Morgan fingerprint density at radius 2 is 1.83 bits per heavy atom. The van der Waals surface area contributed by atoms with Gasteiger partial charge < -0.3 is 9.30 Å². The second kappa shape index (κ2) is 7.16. The molecule has 24 heavy (non-hydrogen) atoms. The van der Waals surface area contributed by atoms with Gasteiger partial charge in [-0.25, -0.2) is 4.79 Å². The van der Waals surface area contributed by atoms with Crippen molar-refractivity contribution >= 4 is 5.97 Å². The molecule has 130 valence electrons. The van der Waals surface area contributed by atoms with Crippen LogP contribution in [0.15, 0.2) is 24.3 Å². The molecule has 5 nitrogen and oxygen atoms in total. The molecule has 0 radical (unpaired) electrons. The first-order valence-electron chi connectivity index (χ1n) is 8.30. The van der Waals surface area contributed by atoms with Crippen LogP contribution in [0.2, 0.25) is 0 Å². The molecule has 1 aromatic carbocycles. The Hall–Kier alpha value is -2.17. The average Bonchev–Trinajstić information content (AvgIpc) is 2.88. The van der Waals surface area contributed by atoms with Crippen molar-refractivity contribution in [1.82, 2.24) is 14.8 Å². The van der Waals surface area contributed by atoms with Gasteiger partial charge in [0.2, 0.25) is 0 Å². The number of esters is 1. The molecule has 1 heterocycles. The topological polar surface area (TPSA) is 57.0 Å². The highest BCUT2D eigenvalue weighted by atomic mass is 16.5. The Labute approximate surface area is 144 Å². The number of benzene rings is 1. The summed E-state index contributed by atoms with van der Waals surface area (Å²) in [6.45, 7) is 8.88. The summed E-state index contributed by atoms with van der Waals surface area (Å²) in [5, 5.41) is 8.81. The van der Waals surface area contributed by atoms with Crippen LogP contribution < -0.4 is 0 Å². The molecular formula is C19H27N3O2. The third-order valence-electron chi connectivity index (χ3n) is 4.23. The predicted molar refractivity (Wildman–Crippen MR) is 94.1 cm³/mol. The lowest BCUT2D eigenvalue weighted by Gasteiger charge is -2.25. The van der Waals surface area contributed by atoms with Crippen LogP contribution in [-0.2, 0) is 23.6 Å². The van der Waals surface area contributed by atoms with Crippen LogP contribution in [0.25, 0.3) is 0 Å². The lowest BCUT2D eigenvalue weighted by atomic mass is 9.83. The number of methoxy groups -OCH3 is 1. The van der Waals surface area contributed by atoms with Crippen LogP contribution in [0.1, 0.15) is 61.7 Å². The molecule has 0 saturated carbocycles. The van der Waals surface area contributed by atoms with Crippen molar-refractivity contribution in [2.45, 2.75) is 46.0 Å². The van der Waals surface area contributed by atoms with Crippen LogP contribution in [0.4, 0.5) is 0 Å². The van der Waals surface area contributed by atoms with Gasteiger partial charge in [0.1, 0.15) is 11.6 Å². The van der Waals surface area contributed by atoms with Gasteiger partial charge in [-0.05, 0) is 30.0 Å². The van der Waals surface area contributed by atoms with Gasteiger partial charge in [-0.1, -0.05) is 39.8 Å². The number of ether oxygens (including phenoxy) is 1. The molecule has 5 heteroatoms. The number of aromatic nitrogens is 3. The van der Waals surface area contributed by atoms with Crippen LogP contribution in [0.5, 0.6) is 0 Å². The fourth-order valence-electron chi connectivity index (χ4n) is 3.28. The molecule has 0 bridgehead atoms. The zero-order valence-corrected chi connectivity index (χ0v) is 15.5. The maximum atomic E-state index is 11.5. The molecular weight excluding hydrogens is 302 g/mol. The normalized spacial score (nSPS) is 11.8. The minimum Gasteiger partial charge on any atom is -0.465 e. The van der Waals surface area contributed by atoms with E-state index in [1.807, 2.05) is 19.2 Å². The molecule has 0 fully saturated rings. The summed E-state index contributed by atoms with van der Waals surface area (Å²) in [4.78, 5) is 11.5. The SMILES string of the molecule is COC(=O)c1ccc(Cc2nnc(C(C)(C)CC(C)C)n2C)cc1. The van der Waals surface area contributed by atoms with E-state index in [2.05, 4.69) is 42.5 Å². The summed E-state index contributed by atoms with van der Waals surface area (Å²) >= 11 is 0. The van der Waals surface area contributed by atoms with Gasteiger partial charge in [-0.15, -0.1) is 10.2 Å². The summed E-state index contributed by atoms with van der Waals surface area (Å²) in [5.74, 6) is 2.22. The predicted octanol–water partition coefficient (Wildman–Crippen LogP) is 3.52. The Bertz CT molecular complexity index is 700. The zero-order chi connectivity index (χ0) is 17.9. The van der Waals surface area contributed by atoms with Crippen molar-refractivity contribution in [2.75, 3.05) is 7.11 Å². The third-order valence-corrected chi connectivity index (χ3v) is 4.23. The molecule has 0 amide bonds. The Morgan fingerprint density at radius 1 is 1.21 bits per heavy atom. The average molecular weight is 329 g/mol. The van der Waals surface area contributed by atoms with Crippen molar-refractivity contribution in [3.8, 4) is 0 Å². The molecule has 0 aliphatic carbocycles. The van der Waals surface area contributed by atoms with E-state index in [1.54, 1.807) is 12.1 Å². The minimum atomic E-state index is -0.321. The fraction of sp³-hybridized carbons (Fsp3) is 0.526. The van der Waals surface area contributed by atoms with E-state index in [0.29, 0.717) is 17.9 Å². The van der Waals surface area contributed by atoms with E-state index < -0.39 is 0 Å². The van der Waals surface area contributed by atoms with Gasteiger partial charge in [-0.3, -0.25) is 0 Å². The zero-order valence-electron chi connectivity index (χ0n) is 15.5. The summed E-state index contributed by atoms with van der Waals surface area (Å²) in [6.07, 6.45) is 1.75. The van der Waals surface area contributed by atoms with Crippen molar-refractivity contribution in [3.63, 3.8) is 0 Å². The van der Waals surface area contributed by atoms with Crippen LogP contribution >= 0.6 is 0 Å². The Kier molecular flexibility index (Phi) is 5.42.